The Bertz CT molecular complexity index is 708. The van der Waals surface area contributed by atoms with Gasteiger partial charge in [0.25, 0.3) is 0 Å². The molecule has 1 atom stereocenters. The maximum Gasteiger partial charge on any atom is 0.171 e. The van der Waals surface area contributed by atoms with Gasteiger partial charge in [-0.05, 0) is 36.2 Å². The third-order valence-corrected chi connectivity index (χ3v) is 5.22. The van der Waals surface area contributed by atoms with E-state index >= 15 is 0 Å². The van der Waals surface area contributed by atoms with Crippen molar-refractivity contribution in [2.75, 3.05) is 39.5 Å². The number of carbonyl (C=O) groups is 1. The fourth-order valence-corrected chi connectivity index (χ4v) is 3.53. The minimum Gasteiger partial charge on any atom is -0.494 e. The lowest BCUT2D eigenvalue weighted by molar-refractivity contribution is 0.0345. The predicted octanol–water partition coefficient (Wildman–Crippen LogP) is 4.55. The van der Waals surface area contributed by atoms with Gasteiger partial charge >= 0.3 is 0 Å². The normalized spacial score (nSPS) is 15.9. The van der Waals surface area contributed by atoms with Gasteiger partial charge in [0, 0.05) is 25.2 Å². The van der Waals surface area contributed by atoms with Crippen molar-refractivity contribution in [2.24, 2.45) is 0 Å². The number of benzene rings is 2. The summed E-state index contributed by atoms with van der Waals surface area (Å²) in [5.74, 6) is 0.822. The predicted molar refractivity (Wildman–Crippen MR) is 112 cm³/mol. The monoisotopic (exact) mass is 381 g/mol. The van der Waals surface area contributed by atoms with Crippen molar-refractivity contribution in [3.8, 4) is 5.75 Å². The van der Waals surface area contributed by atoms with Crippen LogP contribution in [0.4, 0.5) is 0 Å². The van der Waals surface area contributed by atoms with Gasteiger partial charge in [0.15, 0.2) is 5.78 Å². The highest BCUT2D eigenvalue weighted by Crippen LogP contribution is 2.24. The van der Waals surface area contributed by atoms with Crippen molar-refractivity contribution in [1.82, 2.24) is 4.90 Å². The van der Waals surface area contributed by atoms with Crippen LogP contribution in [0.15, 0.2) is 54.6 Å². The van der Waals surface area contributed by atoms with Gasteiger partial charge in [-0.15, -0.1) is 0 Å². The molecule has 1 aliphatic heterocycles. The van der Waals surface area contributed by atoms with Crippen LogP contribution in [0.3, 0.4) is 0 Å². The average molecular weight is 382 g/mol. The first-order chi connectivity index (χ1) is 13.8. The quantitative estimate of drug-likeness (QED) is 0.447. The van der Waals surface area contributed by atoms with Crippen molar-refractivity contribution in [2.45, 2.75) is 32.1 Å². The minimum absolute atomic E-state index is 0.162. The maximum atomic E-state index is 13.3. The van der Waals surface area contributed by atoms with E-state index in [2.05, 4.69) is 11.8 Å². The van der Waals surface area contributed by atoms with Crippen LogP contribution in [0.1, 0.15) is 48.0 Å². The highest BCUT2D eigenvalue weighted by atomic mass is 16.5. The molecule has 0 aliphatic carbocycles. The van der Waals surface area contributed by atoms with E-state index < -0.39 is 0 Å². The first-order valence-corrected chi connectivity index (χ1v) is 10.4. The zero-order valence-corrected chi connectivity index (χ0v) is 16.8. The van der Waals surface area contributed by atoms with E-state index in [9.17, 15) is 4.79 Å². The molecule has 1 fully saturated rings. The zero-order chi connectivity index (χ0) is 19.6. The number of rotatable bonds is 10. The molecule has 0 radical (unpaired) electrons. The Hall–Kier alpha value is -2.17. The summed E-state index contributed by atoms with van der Waals surface area (Å²) < 4.78 is 11.2. The second-order valence-electron chi connectivity index (χ2n) is 7.32. The largest absolute Gasteiger partial charge is 0.494 e. The number of unbranched alkanes of at least 4 members (excludes halogenated alkanes) is 2. The first-order valence-electron chi connectivity index (χ1n) is 10.4. The molecule has 150 valence electrons. The van der Waals surface area contributed by atoms with E-state index in [0.717, 1.165) is 62.8 Å². The molecule has 1 saturated heterocycles. The van der Waals surface area contributed by atoms with Crippen molar-refractivity contribution < 1.29 is 14.3 Å². The van der Waals surface area contributed by atoms with Gasteiger partial charge in [-0.1, -0.05) is 50.1 Å². The second kappa shape index (κ2) is 11.0. The Morgan fingerprint density at radius 1 is 1.04 bits per heavy atom. The number of Topliss-reactive ketones (excluding diaryl/α,β-unsaturated/α-hetero) is 1. The molecule has 2 aromatic rings. The second-order valence-corrected chi connectivity index (χ2v) is 7.32. The summed E-state index contributed by atoms with van der Waals surface area (Å²) in [5, 5.41) is 0. The molecule has 1 heterocycles. The smallest absolute Gasteiger partial charge is 0.171 e. The van der Waals surface area contributed by atoms with Crippen molar-refractivity contribution in [1.29, 1.82) is 0 Å². The molecule has 28 heavy (non-hydrogen) atoms. The van der Waals surface area contributed by atoms with E-state index in [-0.39, 0.29) is 11.7 Å². The van der Waals surface area contributed by atoms with Gasteiger partial charge in [-0.3, -0.25) is 9.69 Å². The number of morpholine rings is 1. The number of nitrogens with zero attached hydrogens (tertiary/aromatic N) is 1. The number of ether oxygens (including phenoxy) is 2. The molecule has 4 heteroatoms. The molecule has 2 aromatic carbocycles. The van der Waals surface area contributed by atoms with Crippen LogP contribution in [-0.4, -0.2) is 50.1 Å². The molecule has 1 unspecified atom stereocenters. The number of carbonyl (C=O) groups excluding carboxylic acids is 1. The number of ketones is 1. The minimum atomic E-state index is -0.171. The number of hydrogen-bond acceptors (Lipinski definition) is 4. The highest BCUT2D eigenvalue weighted by molar-refractivity contribution is 6.01. The maximum absolute atomic E-state index is 13.3. The lowest BCUT2D eigenvalue weighted by atomic mass is 9.90. The van der Waals surface area contributed by atoms with Crippen LogP contribution >= 0.6 is 0 Å². The Kier molecular flexibility index (Phi) is 8.07. The summed E-state index contributed by atoms with van der Waals surface area (Å²) in [5.41, 5.74) is 1.81. The van der Waals surface area contributed by atoms with Crippen LogP contribution < -0.4 is 4.74 Å². The Morgan fingerprint density at radius 2 is 1.75 bits per heavy atom. The van der Waals surface area contributed by atoms with Crippen molar-refractivity contribution >= 4 is 5.78 Å². The van der Waals surface area contributed by atoms with Crippen LogP contribution in [-0.2, 0) is 4.74 Å². The molecule has 0 spiro atoms. The lowest BCUT2D eigenvalue weighted by Crippen LogP contribution is -2.40. The number of hydrogen-bond donors (Lipinski definition) is 0. The lowest BCUT2D eigenvalue weighted by Gasteiger charge is -2.30. The Morgan fingerprint density at radius 3 is 2.43 bits per heavy atom. The topological polar surface area (TPSA) is 38.8 Å². The summed E-state index contributed by atoms with van der Waals surface area (Å²) in [7, 11) is 0. The Balaban J connectivity index is 1.69. The molecular weight excluding hydrogens is 350 g/mol. The Labute approximate surface area is 168 Å². The highest BCUT2D eigenvalue weighted by Gasteiger charge is 2.25. The third kappa shape index (κ3) is 5.91. The molecule has 1 aliphatic rings. The zero-order valence-electron chi connectivity index (χ0n) is 16.8. The summed E-state index contributed by atoms with van der Waals surface area (Å²) >= 11 is 0. The van der Waals surface area contributed by atoms with Crippen LogP contribution in [0.25, 0.3) is 0 Å². The molecule has 0 aromatic heterocycles. The van der Waals surface area contributed by atoms with E-state index in [4.69, 9.17) is 9.47 Å². The fraction of sp³-hybridized carbons (Fsp3) is 0.458. The van der Waals surface area contributed by atoms with E-state index in [1.165, 1.54) is 12.8 Å². The van der Waals surface area contributed by atoms with Gasteiger partial charge < -0.3 is 9.47 Å². The molecule has 0 amide bonds. The van der Waals surface area contributed by atoms with Gasteiger partial charge in [0.2, 0.25) is 0 Å². The van der Waals surface area contributed by atoms with Crippen molar-refractivity contribution in [3.05, 3.63) is 65.7 Å². The SMILES string of the molecule is CCCCCOc1ccc(C(=O)C(CN2CCOCC2)c2ccccc2)cc1. The average Bonchev–Trinajstić information content (AvgIpc) is 2.76. The molecule has 3 rings (SSSR count). The van der Waals surface area contributed by atoms with E-state index in [0.29, 0.717) is 0 Å². The van der Waals surface area contributed by atoms with Crippen LogP contribution in [0.5, 0.6) is 5.75 Å². The molecule has 4 nitrogen and oxygen atoms in total. The summed E-state index contributed by atoms with van der Waals surface area (Å²) in [6.45, 7) is 6.86. The summed E-state index contributed by atoms with van der Waals surface area (Å²) in [4.78, 5) is 15.7. The fourth-order valence-electron chi connectivity index (χ4n) is 3.53. The summed E-state index contributed by atoms with van der Waals surface area (Å²) in [6, 6.07) is 17.7. The molecule has 0 N–H and O–H groups in total. The van der Waals surface area contributed by atoms with Crippen LogP contribution in [0, 0.1) is 0 Å². The molecular formula is C24H31NO3. The molecule has 0 bridgehead atoms. The van der Waals surface area contributed by atoms with Gasteiger partial charge in [0.1, 0.15) is 5.75 Å². The standard InChI is InChI=1S/C24H31NO3/c1-2-3-7-16-28-22-12-10-21(11-13-22)24(26)23(20-8-5-4-6-9-20)19-25-14-17-27-18-15-25/h4-6,8-13,23H,2-3,7,14-19H2,1H3. The van der Waals surface area contributed by atoms with Crippen molar-refractivity contribution in [3.63, 3.8) is 0 Å². The van der Waals surface area contributed by atoms with Gasteiger partial charge in [0.05, 0.1) is 25.7 Å². The molecule has 0 saturated carbocycles. The summed E-state index contributed by atoms with van der Waals surface area (Å²) in [6.07, 6.45) is 3.42. The van der Waals surface area contributed by atoms with Gasteiger partial charge in [-0.25, -0.2) is 0 Å². The van der Waals surface area contributed by atoms with E-state index in [1.54, 1.807) is 0 Å². The van der Waals surface area contributed by atoms with E-state index in [1.807, 2.05) is 54.6 Å². The third-order valence-electron chi connectivity index (χ3n) is 5.22. The van der Waals surface area contributed by atoms with Gasteiger partial charge in [-0.2, -0.15) is 0 Å². The van der Waals surface area contributed by atoms with Crippen LogP contribution in [0.2, 0.25) is 0 Å². The first kappa shape index (κ1) is 20.6.